The predicted octanol–water partition coefficient (Wildman–Crippen LogP) is 22.4. The molecule has 0 amide bonds. The van der Waals surface area contributed by atoms with E-state index in [1.165, 1.54) is 199 Å². The van der Waals surface area contributed by atoms with E-state index in [9.17, 15) is 4.79 Å². The Hall–Kier alpha value is -4.71. The van der Waals surface area contributed by atoms with E-state index < -0.39 is 0 Å². The zero-order chi connectivity index (χ0) is 54.6. The molecule has 6 heteroatoms. The molecule has 0 saturated heterocycles. The lowest BCUT2D eigenvalue weighted by Gasteiger charge is -2.18. The van der Waals surface area contributed by atoms with Crippen molar-refractivity contribution in [1.82, 2.24) is 0 Å². The van der Waals surface area contributed by atoms with Gasteiger partial charge in [0.2, 0.25) is 5.75 Å². The summed E-state index contributed by atoms with van der Waals surface area (Å²) in [6.07, 6.45) is 49.0. The van der Waals surface area contributed by atoms with Gasteiger partial charge in [-0.1, -0.05) is 269 Å². The zero-order valence-corrected chi connectivity index (χ0v) is 49.6. The Morgan fingerprint density at radius 1 is 0.390 bits per heavy atom. The standard InChI is InChI=1S/C71H108O6/c1-6-10-14-18-21-24-27-30-33-37-55-73-68-58-62(59-69(74-56-38-34-31-28-25-22-19-15-11-7-2)70(68)75-57-39-35-32-29-26-23-20-16-12-8-3)42-41-61-43-45-65(46-44-61)71(72)77-67-53-49-64(50-54-67)63-47-51-66(52-48-63)76-60(5)40-36-17-13-9-4/h41-54,58-60H,6-40,55-57H2,1-5H3/b42-41+/t60-/m0/s1. The summed E-state index contributed by atoms with van der Waals surface area (Å²) in [5.74, 6) is 3.28. The highest BCUT2D eigenvalue weighted by molar-refractivity contribution is 5.91. The summed E-state index contributed by atoms with van der Waals surface area (Å²) < 4.78 is 32.0. The van der Waals surface area contributed by atoms with E-state index in [2.05, 4.69) is 71.0 Å². The molecule has 77 heavy (non-hydrogen) atoms. The predicted molar refractivity (Wildman–Crippen MR) is 330 cm³/mol. The van der Waals surface area contributed by atoms with Gasteiger partial charge < -0.3 is 23.7 Å². The first-order valence-electron chi connectivity index (χ1n) is 31.9. The van der Waals surface area contributed by atoms with Gasteiger partial charge >= 0.3 is 5.97 Å². The molecular formula is C71H108O6. The fourth-order valence-electron chi connectivity index (χ4n) is 10.0. The largest absolute Gasteiger partial charge is 0.491 e. The van der Waals surface area contributed by atoms with Gasteiger partial charge in [0.1, 0.15) is 11.5 Å². The molecule has 0 N–H and O–H groups in total. The molecular weight excluding hydrogens is 949 g/mol. The van der Waals surface area contributed by atoms with Crippen LogP contribution in [0.5, 0.6) is 28.7 Å². The molecule has 0 spiro atoms. The molecule has 0 saturated carbocycles. The zero-order valence-electron chi connectivity index (χ0n) is 49.6. The van der Waals surface area contributed by atoms with E-state index in [1.807, 2.05) is 60.7 Å². The second kappa shape index (κ2) is 43.2. The summed E-state index contributed by atoms with van der Waals surface area (Å²) in [5, 5.41) is 0. The maximum Gasteiger partial charge on any atom is 0.343 e. The minimum atomic E-state index is -0.389. The highest BCUT2D eigenvalue weighted by Gasteiger charge is 2.17. The van der Waals surface area contributed by atoms with Gasteiger partial charge in [0.15, 0.2) is 11.5 Å². The molecule has 0 fully saturated rings. The van der Waals surface area contributed by atoms with Crippen LogP contribution >= 0.6 is 0 Å². The lowest BCUT2D eigenvalue weighted by Crippen LogP contribution is -2.11. The molecule has 0 unspecified atom stereocenters. The van der Waals surface area contributed by atoms with Gasteiger partial charge in [-0.25, -0.2) is 4.79 Å². The Bertz CT molecular complexity index is 2020. The van der Waals surface area contributed by atoms with Gasteiger partial charge in [-0.3, -0.25) is 0 Å². The molecule has 0 aromatic heterocycles. The van der Waals surface area contributed by atoms with Crippen LogP contribution in [0.1, 0.15) is 281 Å². The highest BCUT2D eigenvalue weighted by atomic mass is 16.5. The first-order valence-corrected chi connectivity index (χ1v) is 31.9. The smallest absolute Gasteiger partial charge is 0.343 e. The SMILES string of the molecule is CCCCCCCCCCCCOc1cc(/C=C/c2ccc(C(=O)Oc3ccc(-c4ccc(O[C@@H](C)CCCCCC)cc4)cc3)cc2)cc(OCCCCCCCCCCCC)c1OCCCCCCCCCCCC. The van der Waals surface area contributed by atoms with Gasteiger partial charge in [-0.05, 0) is 110 Å². The van der Waals surface area contributed by atoms with E-state index >= 15 is 0 Å². The van der Waals surface area contributed by atoms with Crippen molar-refractivity contribution in [3.8, 4) is 39.9 Å². The minimum absolute atomic E-state index is 0.197. The summed E-state index contributed by atoms with van der Waals surface area (Å²) in [7, 11) is 0. The molecule has 0 aliphatic rings. The number of ether oxygens (including phenoxy) is 5. The van der Waals surface area contributed by atoms with E-state index in [1.54, 1.807) is 0 Å². The van der Waals surface area contributed by atoms with Crippen LogP contribution in [-0.2, 0) is 0 Å². The second-order valence-electron chi connectivity index (χ2n) is 22.1. The number of unbranched alkanes of at least 4 members (excludes halogenated alkanes) is 30. The molecule has 0 heterocycles. The first kappa shape index (κ1) is 64.8. The number of esters is 1. The molecule has 0 aliphatic heterocycles. The summed E-state index contributed by atoms with van der Waals surface area (Å²) in [5.41, 5.74) is 4.60. The number of carbonyl (C=O) groups excluding carboxylic acids is 1. The third-order valence-corrected chi connectivity index (χ3v) is 15.0. The van der Waals surface area contributed by atoms with Gasteiger partial charge in [-0.15, -0.1) is 0 Å². The van der Waals surface area contributed by atoms with Gasteiger partial charge in [-0.2, -0.15) is 0 Å². The van der Waals surface area contributed by atoms with Gasteiger partial charge in [0.25, 0.3) is 0 Å². The van der Waals surface area contributed by atoms with Crippen LogP contribution < -0.4 is 23.7 Å². The van der Waals surface area contributed by atoms with Crippen molar-refractivity contribution in [3.63, 3.8) is 0 Å². The number of hydrogen-bond acceptors (Lipinski definition) is 6. The van der Waals surface area contributed by atoms with Crippen LogP contribution in [0.25, 0.3) is 23.3 Å². The Morgan fingerprint density at radius 2 is 0.740 bits per heavy atom. The molecule has 4 rings (SSSR count). The lowest BCUT2D eigenvalue weighted by atomic mass is 10.1. The van der Waals surface area contributed by atoms with E-state index in [-0.39, 0.29) is 12.1 Å². The summed E-state index contributed by atoms with van der Waals surface area (Å²) in [6.45, 7) is 13.2. The first-order chi connectivity index (χ1) is 37.9. The Labute approximate surface area is 471 Å². The summed E-state index contributed by atoms with van der Waals surface area (Å²) in [6, 6.07) is 27.7. The van der Waals surface area contributed by atoms with Crippen LogP contribution in [-0.4, -0.2) is 31.9 Å². The van der Waals surface area contributed by atoms with Crippen molar-refractivity contribution in [2.24, 2.45) is 0 Å². The third kappa shape index (κ3) is 29.7. The molecule has 6 nitrogen and oxygen atoms in total. The molecule has 0 radical (unpaired) electrons. The van der Waals surface area contributed by atoms with E-state index in [0.717, 1.165) is 70.9 Å². The summed E-state index contributed by atoms with van der Waals surface area (Å²) >= 11 is 0. The van der Waals surface area contributed by atoms with Gasteiger partial charge in [0, 0.05) is 0 Å². The maximum absolute atomic E-state index is 13.3. The molecule has 0 bridgehead atoms. The van der Waals surface area contributed by atoms with Crippen LogP contribution in [0.4, 0.5) is 0 Å². The highest BCUT2D eigenvalue weighted by Crippen LogP contribution is 2.40. The van der Waals surface area contributed by atoms with Crippen molar-refractivity contribution in [2.75, 3.05) is 19.8 Å². The maximum atomic E-state index is 13.3. The van der Waals surface area contributed by atoms with Crippen molar-refractivity contribution in [1.29, 1.82) is 0 Å². The molecule has 1 atom stereocenters. The minimum Gasteiger partial charge on any atom is -0.491 e. The summed E-state index contributed by atoms with van der Waals surface area (Å²) in [4.78, 5) is 13.3. The topological polar surface area (TPSA) is 63.2 Å². The van der Waals surface area contributed by atoms with Crippen molar-refractivity contribution in [3.05, 3.63) is 102 Å². The van der Waals surface area contributed by atoms with E-state index in [4.69, 9.17) is 23.7 Å². The van der Waals surface area contributed by atoms with Crippen LogP contribution in [0.15, 0.2) is 84.9 Å². The Kier molecular flexibility index (Phi) is 36.4. The molecule has 428 valence electrons. The Morgan fingerprint density at radius 3 is 1.16 bits per heavy atom. The average molecular weight is 1060 g/mol. The normalized spacial score (nSPS) is 11.8. The number of hydrogen-bond donors (Lipinski definition) is 0. The molecule has 4 aromatic rings. The molecule has 0 aliphatic carbocycles. The van der Waals surface area contributed by atoms with Crippen molar-refractivity contribution < 1.29 is 28.5 Å². The van der Waals surface area contributed by atoms with Crippen molar-refractivity contribution >= 4 is 18.1 Å². The number of benzene rings is 4. The third-order valence-electron chi connectivity index (χ3n) is 15.0. The van der Waals surface area contributed by atoms with Gasteiger partial charge in [0.05, 0.1) is 31.5 Å². The lowest BCUT2D eigenvalue weighted by molar-refractivity contribution is 0.0734. The molecule has 4 aromatic carbocycles. The van der Waals surface area contributed by atoms with Crippen molar-refractivity contribution in [2.45, 2.75) is 265 Å². The van der Waals surface area contributed by atoms with E-state index in [0.29, 0.717) is 31.1 Å². The van der Waals surface area contributed by atoms with Crippen LogP contribution in [0, 0.1) is 0 Å². The fraction of sp³-hybridized carbons (Fsp3) is 0.620. The average Bonchev–Trinajstić information content (AvgIpc) is 3.45. The van der Waals surface area contributed by atoms with Crippen LogP contribution in [0.2, 0.25) is 0 Å². The number of carbonyl (C=O) groups is 1. The quantitative estimate of drug-likeness (QED) is 0.0190. The Balaban J connectivity index is 1.39. The number of rotatable bonds is 48. The monoisotopic (exact) mass is 1060 g/mol. The fourth-order valence-corrected chi connectivity index (χ4v) is 10.0. The second-order valence-corrected chi connectivity index (χ2v) is 22.1. The van der Waals surface area contributed by atoms with Crippen LogP contribution in [0.3, 0.4) is 0 Å².